The third-order valence-corrected chi connectivity index (χ3v) is 4.53. The van der Waals surface area contributed by atoms with Crippen LogP contribution in [0.15, 0.2) is 0 Å². The molecule has 0 aromatic heterocycles. The number of unbranched alkanes of at least 4 members (excludes halogenated alkanes) is 10. The molecule has 0 saturated heterocycles. The molecule has 1 nitrogen and oxygen atoms in total. The van der Waals surface area contributed by atoms with Gasteiger partial charge in [0.25, 0.3) is 0 Å². The van der Waals surface area contributed by atoms with E-state index in [-0.39, 0.29) is 0 Å². The van der Waals surface area contributed by atoms with Gasteiger partial charge in [-0.1, -0.05) is 97.3 Å². The first-order chi connectivity index (χ1) is 10.2. The van der Waals surface area contributed by atoms with Crippen LogP contribution >= 0.6 is 0 Å². The molecule has 1 heteroatoms. The Balaban J connectivity index is 3.15. The molecular weight excluding hydrogens is 256 g/mol. The van der Waals surface area contributed by atoms with E-state index in [2.05, 4.69) is 13.8 Å². The smallest absolute Gasteiger partial charge is 0.129 e. The zero-order valence-electron chi connectivity index (χ0n) is 15.1. The molecular formula is C20H40O. The second-order valence-electron chi connectivity index (χ2n) is 7.02. The standard InChI is InChI=1S/C20H40O/c1-4-5-6-7-10-13-16-19(2)17-14-11-8-9-12-15-18-20(3)21/h19H,4-18H2,1-3H3. The minimum Gasteiger partial charge on any atom is -0.300 e. The Hall–Kier alpha value is -0.330. The lowest BCUT2D eigenvalue weighted by molar-refractivity contribution is -0.117. The van der Waals surface area contributed by atoms with Gasteiger partial charge in [0, 0.05) is 6.42 Å². The summed E-state index contributed by atoms with van der Waals surface area (Å²) < 4.78 is 0. The van der Waals surface area contributed by atoms with E-state index in [1.807, 2.05) is 0 Å². The summed E-state index contributed by atoms with van der Waals surface area (Å²) in [7, 11) is 0. The number of rotatable bonds is 16. The summed E-state index contributed by atoms with van der Waals surface area (Å²) in [5.74, 6) is 1.27. The highest BCUT2D eigenvalue weighted by atomic mass is 16.1. The summed E-state index contributed by atoms with van der Waals surface area (Å²) in [5.41, 5.74) is 0. The maximum atomic E-state index is 10.8. The van der Waals surface area contributed by atoms with Crippen molar-refractivity contribution in [3.05, 3.63) is 0 Å². The molecule has 0 aromatic carbocycles. The van der Waals surface area contributed by atoms with E-state index in [4.69, 9.17) is 0 Å². The van der Waals surface area contributed by atoms with Crippen molar-refractivity contribution in [2.24, 2.45) is 5.92 Å². The second kappa shape index (κ2) is 16.0. The van der Waals surface area contributed by atoms with Gasteiger partial charge in [-0.05, 0) is 19.3 Å². The topological polar surface area (TPSA) is 17.1 Å². The normalized spacial score (nSPS) is 12.5. The van der Waals surface area contributed by atoms with Crippen molar-refractivity contribution in [1.29, 1.82) is 0 Å². The van der Waals surface area contributed by atoms with Crippen LogP contribution in [0.4, 0.5) is 0 Å². The monoisotopic (exact) mass is 296 g/mol. The SMILES string of the molecule is CCCCCCCCC(C)CCCCCCCCC(C)=O. The largest absolute Gasteiger partial charge is 0.300 e. The highest BCUT2D eigenvalue weighted by Gasteiger charge is 2.02. The van der Waals surface area contributed by atoms with Gasteiger partial charge in [-0.25, -0.2) is 0 Å². The molecule has 0 fully saturated rings. The molecule has 0 aliphatic rings. The third-order valence-electron chi connectivity index (χ3n) is 4.53. The Labute approximate surface area is 134 Å². The first-order valence-electron chi connectivity index (χ1n) is 9.66. The molecule has 0 radical (unpaired) electrons. The van der Waals surface area contributed by atoms with Crippen LogP contribution < -0.4 is 0 Å². The number of Topliss-reactive ketones (excluding diaryl/α,β-unsaturated/α-hetero) is 1. The summed E-state index contributed by atoms with van der Waals surface area (Å²) >= 11 is 0. The second-order valence-corrected chi connectivity index (χ2v) is 7.02. The van der Waals surface area contributed by atoms with E-state index in [1.54, 1.807) is 6.92 Å². The van der Waals surface area contributed by atoms with Crippen LogP contribution in [0.2, 0.25) is 0 Å². The molecule has 0 aromatic rings. The highest BCUT2D eigenvalue weighted by molar-refractivity contribution is 5.75. The number of carbonyl (C=O) groups is 1. The van der Waals surface area contributed by atoms with Crippen molar-refractivity contribution in [2.45, 2.75) is 117 Å². The number of hydrogen-bond donors (Lipinski definition) is 0. The summed E-state index contributed by atoms with van der Waals surface area (Å²) in [4.78, 5) is 10.8. The number of ketones is 1. The fourth-order valence-corrected chi connectivity index (χ4v) is 2.99. The van der Waals surface area contributed by atoms with Crippen LogP contribution in [-0.2, 0) is 4.79 Å². The molecule has 0 bridgehead atoms. The predicted octanol–water partition coefficient (Wildman–Crippen LogP) is 7.08. The van der Waals surface area contributed by atoms with Gasteiger partial charge in [0.1, 0.15) is 5.78 Å². The van der Waals surface area contributed by atoms with Gasteiger partial charge < -0.3 is 4.79 Å². The number of hydrogen-bond acceptors (Lipinski definition) is 1. The van der Waals surface area contributed by atoms with Gasteiger partial charge in [-0.2, -0.15) is 0 Å². The Kier molecular flexibility index (Phi) is 15.8. The summed E-state index contributed by atoms with van der Waals surface area (Å²) in [5, 5.41) is 0. The van der Waals surface area contributed by atoms with Crippen LogP contribution in [0, 0.1) is 5.92 Å². The molecule has 0 heterocycles. The van der Waals surface area contributed by atoms with Gasteiger partial charge >= 0.3 is 0 Å². The molecule has 0 aliphatic carbocycles. The lowest BCUT2D eigenvalue weighted by atomic mass is 9.96. The molecule has 0 spiro atoms. The van der Waals surface area contributed by atoms with E-state index < -0.39 is 0 Å². The van der Waals surface area contributed by atoms with Crippen molar-refractivity contribution in [3.63, 3.8) is 0 Å². The van der Waals surface area contributed by atoms with Gasteiger partial charge in [-0.3, -0.25) is 0 Å². The minimum atomic E-state index is 0.346. The van der Waals surface area contributed by atoms with Gasteiger partial charge in [0.05, 0.1) is 0 Å². The summed E-state index contributed by atoms with van der Waals surface area (Å²) in [6, 6.07) is 0. The van der Waals surface area contributed by atoms with E-state index in [0.717, 1.165) is 18.8 Å². The molecule has 1 atom stereocenters. The van der Waals surface area contributed by atoms with Gasteiger partial charge in [-0.15, -0.1) is 0 Å². The number of carbonyl (C=O) groups excluding carboxylic acids is 1. The molecule has 0 rings (SSSR count). The molecule has 21 heavy (non-hydrogen) atoms. The minimum absolute atomic E-state index is 0.346. The quantitative estimate of drug-likeness (QED) is 0.278. The van der Waals surface area contributed by atoms with E-state index in [0.29, 0.717) is 5.78 Å². The molecule has 1 unspecified atom stereocenters. The third kappa shape index (κ3) is 17.6. The van der Waals surface area contributed by atoms with Gasteiger partial charge in [0.2, 0.25) is 0 Å². The fourth-order valence-electron chi connectivity index (χ4n) is 2.99. The average molecular weight is 297 g/mol. The Morgan fingerprint density at radius 3 is 1.62 bits per heavy atom. The first kappa shape index (κ1) is 20.7. The first-order valence-corrected chi connectivity index (χ1v) is 9.66. The molecule has 0 saturated carbocycles. The molecule has 0 aliphatic heterocycles. The van der Waals surface area contributed by atoms with Crippen molar-refractivity contribution >= 4 is 5.78 Å². The van der Waals surface area contributed by atoms with Crippen LogP contribution in [0.5, 0.6) is 0 Å². The average Bonchev–Trinajstić information content (AvgIpc) is 2.45. The van der Waals surface area contributed by atoms with Crippen molar-refractivity contribution in [2.75, 3.05) is 0 Å². The fraction of sp³-hybridized carbons (Fsp3) is 0.950. The van der Waals surface area contributed by atoms with Crippen LogP contribution in [0.1, 0.15) is 117 Å². The van der Waals surface area contributed by atoms with Crippen molar-refractivity contribution in [3.8, 4) is 0 Å². The highest BCUT2D eigenvalue weighted by Crippen LogP contribution is 2.18. The van der Waals surface area contributed by atoms with Crippen LogP contribution in [0.3, 0.4) is 0 Å². The van der Waals surface area contributed by atoms with Crippen molar-refractivity contribution < 1.29 is 4.79 Å². The van der Waals surface area contributed by atoms with Crippen LogP contribution in [-0.4, -0.2) is 5.78 Å². The molecule has 0 amide bonds. The van der Waals surface area contributed by atoms with Gasteiger partial charge in [0.15, 0.2) is 0 Å². The summed E-state index contributed by atoms with van der Waals surface area (Å²) in [6.45, 7) is 6.41. The Morgan fingerprint density at radius 2 is 1.14 bits per heavy atom. The van der Waals surface area contributed by atoms with E-state index >= 15 is 0 Å². The Bertz CT molecular complexity index is 222. The lowest BCUT2D eigenvalue weighted by Crippen LogP contribution is -1.95. The zero-order valence-corrected chi connectivity index (χ0v) is 15.1. The van der Waals surface area contributed by atoms with E-state index in [9.17, 15) is 4.79 Å². The zero-order chi connectivity index (χ0) is 15.8. The molecule has 126 valence electrons. The van der Waals surface area contributed by atoms with E-state index in [1.165, 1.54) is 83.5 Å². The van der Waals surface area contributed by atoms with Crippen LogP contribution in [0.25, 0.3) is 0 Å². The maximum Gasteiger partial charge on any atom is 0.129 e. The molecule has 0 N–H and O–H groups in total. The summed E-state index contributed by atoms with van der Waals surface area (Å²) in [6.07, 6.45) is 20.0. The van der Waals surface area contributed by atoms with Crippen molar-refractivity contribution in [1.82, 2.24) is 0 Å². The lowest BCUT2D eigenvalue weighted by Gasteiger charge is -2.11. The predicted molar refractivity (Wildman–Crippen MR) is 94.8 cm³/mol. The maximum absolute atomic E-state index is 10.8. The Morgan fingerprint density at radius 1 is 0.714 bits per heavy atom.